The fourth-order valence-corrected chi connectivity index (χ4v) is 2.36. The molecule has 152 valence electrons. The molecule has 4 N–H and O–H groups in total. The van der Waals surface area contributed by atoms with Gasteiger partial charge in [-0.25, -0.2) is 0 Å². The highest BCUT2D eigenvalue weighted by Crippen LogP contribution is 2.09. The van der Waals surface area contributed by atoms with E-state index in [-0.39, 0.29) is 43.9 Å². The number of hydrogen-bond donors (Lipinski definition) is 4. The normalized spacial score (nSPS) is 12.3. The van der Waals surface area contributed by atoms with Crippen molar-refractivity contribution in [2.45, 2.75) is 39.5 Å². The van der Waals surface area contributed by atoms with Gasteiger partial charge in [-0.2, -0.15) is 0 Å². The Morgan fingerprint density at radius 2 is 1.00 bits per heavy atom. The zero-order valence-corrected chi connectivity index (χ0v) is 16.1. The van der Waals surface area contributed by atoms with Gasteiger partial charge in [0.25, 0.3) is 0 Å². The van der Waals surface area contributed by atoms with E-state index >= 15 is 0 Å². The molecule has 10 nitrogen and oxygen atoms in total. The minimum absolute atomic E-state index is 0.0450. The van der Waals surface area contributed by atoms with Crippen molar-refractivity contribution in [2.75, 3.05) is 20.8 Å². The predicted octanol–water partition coefficient (Wildman–Crippen LogP) is -1.36. The molecule has 0 aromatic heterocycles. The van der Waals surface area contributed by atoms with Crippen LogP contribution in [0.1, 0.15) is 39.5 Å². The highest BCUT2D eigenvalue weighted by atomic mass is 16.2. The first-order valence-electron chi connectivity index (χ1n) is 8.61. The van der Waals surface area contributed by atoms with E-state index < -0.39 is 35.5 Å². The number of rotatable bonds is 12. The van der Waals surface area contributed by atoms with E-state index in [9.17, 15) is 28.8 Å². The molecule has 0 rings (SSSR count). The zero-order valence-electron chi connectivity index (χ0n) is 16.1. The minimum atomic E-state index is -0.886. The second kappa shape index (κ2) is 12.6. The van der Waals surface area contributed by atoms with Crippen molar-refractivity contribution >= 4 is 35.2 Å². The summed E-state index contributed by atoms with van der Waals surface area (Å²) in [4.78, 5) is 69.4. The fourth-order valence-electron chi connectivity index (χ4n) is 2.36. The Hall–Kier alpha value is -2.78. The van der Waals surface area contributed by atoms with Crippen molar-refractivity contribution in [3.63, 3.8) is 0 Å². The Labute approximate surface area is 158 Å². The van der Waals surface area contributed by atoms with Crippen LogP contribution in [-0.4, -0.2) is 56.0 Å². The molecule has 27 heavy (non-hydrogen) atoms. The average molecular weight is 384 g/mol. The summed E-state index contributed by atoms with van der Waals surface area (Å²) in [5, 5.41) is 9.64. The first-order valence-corrected chi connectivity index (χ1v) is 8.61. The Morgan fingerprint density at radius 3 is 1.26 bits per heavy atom. The van der Waals surface area contributed by atoms with Gasteiger partial charge in [0.15, 0.2) is 0 Å². The first kappa shape index (κ1) is 24.2. The van der Waals surface area contributed by atoms with E-state index in [2.05, 4.69) is 21.3 Å². The SMILES string of the molecule is CNC(=O)C(CCC(=O)NCNC(=O)CCC(C(C)=O)C(=O)NC)C(C)=O. The zero-order chi connectivity index (χ0) is 21.0. The van der Waals surface area contributed by atoms with Crippen LogP contribution in [0.5, 0.6) is 0 Å². The summed E-state index contributed by atoms with van der Waals surface area (Å²) in [5.74, 6) is -4.15. The number of carbonyl (C=O) groups is 6. The van der Waals surface area contributed by atoms with Crippen LogP contribution in [0.25, 0.3) is 0 Å². The molecule has 4 amide bonds. The van der Waals surface area contributed by atoms with Crippen LogP contribution in [-0.2, 0) is 28.8 Å². The van der Waals surface area contributed by atoms with Crippen LogP contribution in [0, 0.1) is 11.8 Å². The van der Waals surface area contributed by atoms with Crippen molar-refractivity contribution in [1.29, 1.82) is 0 Å². The Morgan fingerprint density at radius 1 is 0.667 bits per heavy atom. The standard InChI is InChI=1S/C17H28N4O6/c1-10(22)12(16(26)18-3)5-7-14(24)20-9-21-15(25)8-6-13(11(2)23)17(27)19-4/h12-13H,5-9H2,1-4H3,(H,18,26)(H,19,27)(H,20,24)(H,21,25). The molecule has 0 radical (unpaired) electrons. The number of Topliss-reactive ketones (excluding diaryl/α,β-unsaturated/α-hetero) is 2. The van der Waals surface area contributed by atoms with Crippen molar-refractivity contribution in [1.82, 2.24) is 21.3 Å². The van der Waals surface area contributed by atoms with Crippen molar-refractivity contribution in [2.24, 2.45) is 11.8 Å². The summed E-state index contributed by atoms with van der Waals surface area (Å²) in [7, 11) is 2.82. The van der Waals surface area contributed by atoms with Crippen molar-refractivity contribution < 1.29 is 28.8 Å². The number of nitrogens with one attached hydrogen (secondary N) is 4. The van der Waals surface area contributed by atoms with Crippen LogP contribution >= 0.6 is 0 Å². The molecule has 0 aliphatic heterocycles. The number of amides is 4. The molecule has 0 aliphatic rings. The van der Waals surface area contributed by atoms with Gasteiger partial charge in [0, 0.05) is 26.9 Å². The molecule has 0 spiro atoms. The molecule has 0 fully saturated rings. The van der Waals surface area contributed by atoms with Crippen LogP contribution < -0.4 is 21.3 Å². The van der Waals surface area contributed by atoms with Gasteiger partial charge in [0.05, 0.1) is 18.5 Å². The Balaban J connectivity index is 4.21. The second-order valence-electron chi connectivity index (χ2n) is 6.01. The average Bonchev–Trinajstić information content (AvgIpc) is 2.60. The molecule has 0 heterocycles. The maximum absolute atomic E-state index is 11.7. The lowest BCUT2D eigenvalue weighted by molar-refractivity contribution is -0.135. The molecule has 2 atom stereocenters. The summed E-state index contributed by atoms with van der Waals surface area (Å²) in [6.07, 6.45) is 0.0512. The maximum atomic E-state index is 11.7. The lowest BCUT2D eigenvalue weighted by Gasteiger charge is -2.13. The lowest BCUT2D eigenvalue weighted by Crippen LogP contribution is -2.39. The third kappa shape index (κ3) is 9.47. The van der Waals surface area contributed by atoms with E-state index in [0.717, 1.165) is 0 Å². The van der Waals surface area contributed by atoms with Gasteiger partial charge in [-0.3, -0.25) is 28.8 Å². The van der Waals surface area contributed by atoms with Gasteiger partial charge >= 0.3 is 0 Å². The van der Waals surface area contributed by atoms with E-state index in [1.54, 1.807) is 0 Å². The molecular formula is C17H28N4O6. The van der Waals surface area contributed by atoms with E-state index in [0.29, 0.717) is 0 Å². The smallest absolute Gasteiger partial charge is 0.230 e. The minimum Gasteiger partial charge on any atom is -0.359 e. The van der Waals surface area contributed by atoms with E-state index in [1.165, 1.54) is 27.9 Å². The summed E-state index contributed by atoms with van der Waals surface area (Å²) in [6.45, 7) is 2.43. The van der Waals surface area contributed by atoms with Crippen molar-refractivity contribution in [3.05, 3.63) is 0 Å². The molecule has 10 heteroatoms. The fraction of sp³-hybridized carbons (Fsp3) is 0.647. The molecule has 0 bridgehead atoms. The summed E-state index contributed by atoms with van der Waals surface area (Å²) >= 11 is 0. The van der Waals surface area contributed by atoms with Crippen LogP contribution in [0.3, 0.4) is 0 Å². The van der Waals surface area contributed by atoms with Gasteiger partial charge in [-0.05, 0) is 26.7 Å². The number of ketones is 2. The van der Waals surface area contributed by atoms with E-state index in [1.807, 2.05) is 0 Å². The molecule has 2 unspecified atom stereocenters. The van der Waals surface area contributed by atoms with Crippen molar-refractivity contribution in [3.8, 4) is 0 Å². The molecule has 0 saturated heterocycles. The third-order valence-electron chi connectivity index (χ3n) is 4.00. The lowest BCUT2D eigenvalue weighted by atomic mass is 9.98. The van der Waals surface area contributed by atoms with Crippen LogP contribution in [0.15, 0.2) is 0 Å². The highest BCUT2D eigenvalue weighted by molar-refractivity contribution is 6.01. The van der Waals surface area contributed by atoms with Gasteiger partial charge < -0.3 is 21.3 Å². The first-order chi connectivity index (χ1) is 12.6. The Kier molecular flexibility index (Phi) is 11.3. The van der Waals surface area contributed by atoms with Crippen LogP contribution in [0.4, 0.5) is 0 Å². The van der Waals surface area contributed by atoms with E-state index in [4.69, 9.17) is 0 Å². The molecule has 0 saturated carbocycles. The molecular weight excluding hydrogens is 356 g/mol. The summed E-state index contributed by atoms with van der Waals surface area (Å²) in [6, 6.07) is 0. The largest absolute Gasteiger partial charge is 0.359 e. The maximum Gasteiger partial charge on any atom is 0.230 e. The van der Waals surface area contributed by atoms with Gasteiger partial charge in [0.1, 0.15) is 11.6 Å². The van der Waals surface area contributed by atoms with Gasteiger partial charge in [-0.15, -0.1) is 0 Å². The molecule has 0 aliphatic carbocycles. The summed E-state index contributed by atoms with van der Waals surface area (Å²) in [5.41, 5.74) is 0. The monoisotopic (exact) mass is 384 g/mol. The summed E-state index contributed by atoms with van der Waals surface area (Å²) < 4.78 is 0. The number of hydrogen-bond acceptors (Lipinski definition) is 6. The van der Waals surface area contributed by atoms with Crippen LogP contribution in [0.2, 0.25) is 0 Å². The molecule has 0 aromatic rings. The van der Waals surface area contributed by atoms with Gasteiger partial charge in [0.2, 0.25) is 23.6 Å². The van der Waals surface area contributed by atoms with Gasteiger partial charge in [-0.1, -0.05) is 0 Å². The quantitative estimate of drug-likeness (QED) is 0.241. The third-order valence-corrected chi connectivity index (χ3v) is 4.00. The number of carbonyl (C=O) groups excluding carboxylic acids is 6. The predicted molar refractivity (Wildman–Crippen MR) is 96.1 cm³/mol. The highest BCUT2D eigenvalue weighted by Gasteiger charge is 2.24. The Bertz CT molecular complexity index is 540. The topological polar surface area (TPSA) is 151 Å². The second-order valence-corrected chi connectivity index (χ2v) is 6.01. The molecule has 0 aromatic carbocycles.